The molecular weight excluding hydrogens is 242 g/mol. The van der Waals surface area contributed by atoms with Gasteiger partial charge in [-0.3, -0.25) is 4.79 Å². The molecule has 3 aliphatic rings. The molecule has 1 saturated carbocycles. The van der Waals surface area contributed by atoms with Crippen LogP contribution in [-0.2, 0) is 14.3 Å². The van der Waals surface area contributed by atoms with E-state index >= 15 is 0 Å². The number of carbonyl (C=O) groups excluding carboxylic acids is 1. The highest BCUT2D eigenvalue weighted by molar-refractivity contribution is 5.79. The van der Waals surface area contributed by atoms with Gasteiger partial charge < -0.3 is 14.4 Å². The van der Waals surface area contributed by atoms with Gasteiger partial charge in [0, 0.05) is 31.8 Å². The van der Waals surface area contributed by atoms with Crippen LogP contribution in [0, 0.1) is 5.92 Å². The number of likely N-dealkylation sites (tertiary alicyclic amines) is 1. The van der Waals surface area contributed by atoms with E-state index in [4.69, 9.17) is 9.47 Å². The Morgan fingerprint density at radius 1 is 0.947 bits per heavy atom. The summed E-state index contributed by atoms with van der Waals surface area (Å²) in [5, 5.41) is 0. The van der Waals surface area contributed by atoms with Gasteiger partial charge in [-0.25, -0.2) is 0 Å². The number of hydrogen-bond donors (Lipinski definition) is 0. The number of piperidine rings is 1. The molecule has 0 radical (unpaired) electrons. The lowest BCUT2D eigenvalue weighted by atomic mass is 9.87. The maximum absolute atomic E-state index is 12.5. The number of amides is 1. The summed E-state index contributed by atoms with van der Waals surface area (Å²) in [6.07, 6.45) is 8.60. The molecule has 19 heavy (non-hydrogen) atoms. The van der Waals surface area contributed by atoms with Crippen molar-refractivity contribution in [2.45, 2.75) is 57.2 Å². The third-order valence-corrected chi connectivity index (χ3v) is 4.81. The van der Waals surface area contributed by atoms with Gasteiger partial charge in [0.1, 0.15) is 0 Å². The van der Waals surface area contributed by atoms with Crippen molar-refractivity contribution in [2.24, 2.45) is 5.92 Å². The van der Waals surface area contributed by atoms with E-state index in [1.165, 1.54) is 19.3 Å². The lowest BCUT2D eigenvalue weighted by molar-refractivity contribution is -0.283. The molecule has 0 aromatic heterocycles. The Kier molecular flexibility index (Phi) is 4.08. The van der Waals surface area contributed by atoms with Gasteiger partial charge in [-0.2, -0.15) is 0 Å². The zero-order valence-corrected chi connectivity index (χ0v) is 11.7. The highest BCUT2D eigenvalue weighted by Crippen LogP contribution is 2.32. The first-order chi connectivity index (χ1) is 9.29. The van der Waals surface area contributed by atoms with E-state index in [2.05, 4.69) is 0 Å². The molecule has 0 atom stereocenters. The number of ether oxygens (including phenoxy) is 2. The van der Waals surface area contributed by atoms with E-state index < -0.39 is 0 Å². The SMILES string of the molecule is O=C(C1CCCCC1)N1CCC2(CC1)OCCCO2. The first-order valence-electron chi connectivity index (χ1n) is 7.86. The number of hydrogen-bond acceptors (Lipinski definition) is 3. The van der Waals surface area contributed by atoms with Crippen molar-refractivity contribution in [1.29, 1.82) is 0 Å². The van der Waals surface area contributed by atoms with Crippen molar-refractivity contribution in [3.63, 3.8) is 0 Å². The Hall–Kier alpha value is -0.610. The minimum absolute atomic E-state index is 0.288. The Morgan fingerprint density at radius 3 is 2.21 bits per heavy atom. The summed E-state index contributed by atoms with van der Waals surface area (Å²) in [5.41, 5.74) is 0. The van der Waals surface area contributed by atoms with Crippen molar-refractivity contribution in [3.05, 3.63) is 0 Å². The summed E-state index contributed by atoms with van der Waals surface area (Å²) in [6.45, 7) is 3.21. The van der Waals surface area contributed by atoms with Crippen molar-refractivity contribution in [3.8, 4) is 0 Å². The summed E-state index contributed by atoms with van der Waals surface area (Å²) in [4.78, 5) is 14.5. The van der Waals surface area contributed by atoms with Crippen LogP contribution < -0.4 is 0 Å². The van der Waals surface area contributed by atoms with Crippen LogP contribution in [0.15, 0.2) is 0 Å². The third-order valence-electron chi connectivity index (χ3n) is 4.81. The zero-order chi connectivity index (χ0) is 13.1. The van der Waals surface area contributed by atoms with Gasteiger partial charge in [0.2, 0.25) is 5.91 Å². The number of carbonyl (C=O) groups is 1. The largest absolute Gasteiger partial charge is 0.350 e. The van der Waals surface area contributed by atoms with Crippen molar-refractivity contribution >= 4 is 5.91 Å². The predicted octanol–water partition coefficient (Wildman–Crippen LogP) is 2.32. The molecule has 4 nitrogen and oxygen atoms in total. The highest BCUT2D eigenvalue weighted by atomic mass is 16.7. The second kappa shape index (κ2) is 5.80. The average Bonchev–Trinajstić information content (AvgIpc) is 2.49. The lowest BCUT2D eigenvalue weighted by Gasteiger charge is -2.44. The molecular formula is C15H25NO3. The van der Waals surface area contributed by atoms with Gasteiger partial charge in [0.25, 0.3) is 0 Å². The van der Waals surface area contributed by atoms with Crippen LogP contribution in [0.3, 0.4) is 0 Å². The first kappa shape index (κ1) is 13.4. The Balaban J connectivity index is 1.52. The van der Waals surface area contributed by atoms with E-state index in [9.17, 15) is 4.79 Å². The monoisotopic (exact) mass is 267 g/mol. The molecule has 2 saturated heterocycles. The standard InChI is InChI=1S/C15H25NO3/c17-14(13-5-2-1-3-6-13)16-9-7-15(8-10-16)18-11-4-12-19-15/h13H,1-12H2. The quantitative estimate of drug-likeness (QED) is 0.732. The molecule has 3 fully saturated rings. The Morgan fingerprint density at radius 2 is 1.58 bits per heavy atom. The number of nitrogens with zero attached hydrogens (tertiary/aromatic N) is 1. The number of rotatable bonds is 1. The van der Waals surface area contributed by atoms with Gasteiger partial charge in [-0.05, 0) is 19.3 Å². The molecule has 0 unspecified atom stereocenters. The Labute approximate surface area is 115 Å². The van der Waals surface area contributed by atoms with Crippen molar-refractivity contribution in [2.75, 3.05) is 26.3 Å². The third kappa shape index (κ3) is 2.95. The van der Waals surface area contributed by atoms with Crippen molar-refractivity contribution in [1.82, 2.24) is 4.90 Å². The van der Waals surface area contributed by atoms with Crippen LogP contribution in [0.2, 0.25) is 0 Å². The van der Waals surface area contributed by atoms with Crippen LogP contribution in [-0.4, -0.2) is 42.9 Å². The molecule has 2 aliphatic heterocycles. The smallest absolute Gasteiger partial charge is 0.225 e. The van der Waals surface area contributed by atoms with E-state index in [1.54, 1.807) is 0 Å². The molecule has 4 heteroatoms. The van der Waals surface area contributed by atoms with E-state index in [0.29, 0.717) is 5.91 Å². The van der Waals surface area contributed by atoms with E-state index in [0.717, 1.165) is 58.4 Å². The fourth-order valence-corrected chi connectivity index (χ4v) is 3.58. The van der Waals surface area contributed by atoms with Gasteiger partial charge in [-0.15, -0.1) is 0 Å². The second-order valence-electron chi connectivity index (χ2n) is 6.12. The van der Waals surface area contributed by atoms with Gasteiger partial charge in [-0.1, -0.05) is 19.3 Å². The van der Waals surface area contributed by atoms with E-state index in [-0.39, 0.29) is 11.7 Å². The lowest BCUT2D eigenvalue weighted by Crippen LogP contribution is -2.52. The van der Waals surface area contributed by atoms with Gasteiger partial charge >= 0.3 is 0 Å². The summed E-state index contributed by atoms with van der Waals surface area (Å²) in [6, 6.07) is 0. The summed E-state index contributed by atoms with van der Waals surface area (Å²) < 4.78 is 11.6. The van der Waals surface area contributed by atoms with Gasteiger partial charge in [0.05, 0.1) is 13.2 Å². The first-order valence-corrected chi connectivity index (χ1v) is 7.86. The Bertz CT molecular complexity index is 309. The molecule has 0 N–H and O–H groups in total. The topological polar surface area (TPSA) is 38.8 Å². The van der Waals surface area contributed by atoms with Gasteiger partial charge in [0.15, 0.2) is 5.79 Å². The fraction of sp³-hybridized carbons (Fsp3) is 0.933. The van der Waals surface area contributed by atoms with E-state index in [1.807, 2.05) is 4.90 Å². The van der Waals surface area contributed by atoms with Crippen molar-refractivity contribution < 1.29 is 14.3 Å². The normalized spacial score (nSPS) is 28.5. The second-order valence-corrected chi connectivity index (χ2v) is 6.12. The van der Waals surface area contributed by atoms with Crippen LogP contribution in [0.5, 0.6) is 0 Å². The summed E-state index contributed by atoms with van der Waals surface area (Å²) >= 11 is 0. The molecule has 1 aliphatic carbocycles. The molecule has 0 bridgehead atoms. The van der Waals surface area contributed by atoms with Crippen LogP contribution >= 0.6 is 0 Å². The highest BCUT2D eigenvalue weighted by Gasteiger charge is 2.40. The molecule has 0 aromatic carbocycles. The average molecular weight is 267 g/mol. The summed E-state index contributed by atoms with van der Waals surface area (Å²) in [5.74, 6) is 0.295. The predicted molar refractivity (Wildman–Crippen MR) is 71.6 cm³/mol. The van der Waals surface area contributed by atoms with Crippen LogP contribution in [0.25, 0.3) is 0 Å². The van der Waals surface area contributed by atoms with Crippen LogP contribution in [0.4, 0.5) is 0 Å². The minimum atomic E-state index is -0.373. The molecule has 1 amide bonds. The molecule has 108 valence electrons. The fourth-order valence-electron chi connectivity index (χ4n) is 3.58. The zero-order valence-electron chi connectivity index (χ0n) is 11.7. The van der Waals surface area contributed by atoms with Crippen LogP contribution in [0.1, 0.15) is 51.4 Å². The molecule has 0 aromatic rings. The minimum Gasteiger partial charge on any atom is -0.350 e. The summed E-state index contributed by atoms with van der Waals surface area (Å²) in [7, 11) is 0. The maximum atomic E-state index is 12.5. The molecule has 2 heterocycles. The maximum Gasteiger partial charge on any atom is 0.225 e. The molecule has 3 rings (SSSR count). The molecule has 1 spiro atoms.